The van der Waals surface area contributed by atoms with Crippen molar-refractivity contribution in [2.45, 2.75) is 30.6 Å². The summed E-state index contributed by atoms with van der Waals surface area (Å²) in [6.45, 7) is 0.565. The van der Waals surface area contributed by atoms with Crippen LogP contribution in [0.5, 0.6) is 0 Å². The topological polar surface area (TPSA) is 71.1 Å². The van der Waals surface area contributed by atoms with Crippen LogP contribution in [0.25, 0.3) is 0 Å². The minimum atomic E-state index is -3.48. The molecule has 0 unspecified atom stereocenters. The maximum Gasteiger partial charge on any atom is 0.244 e. The van der Waals surface area contributed by atoms with Crippen molar-refractivity contribution in [2.75, 3.05) is 18.9 Å². The van der Waals surface area contributed by atoms with Gasteiger partial charge in [0.15, 0.2) is 0 Å². The summed E-state index contributed by atoms with van der Waals surface area (Å²) in [5.41, 5.74) is 0. The molecule has 0 saturated heterocycles. The van der Waals surface area contributed by atoms with Gasteiger partial charge in [-0.1, -0.05) is 0 Å². The molecule has 2 aliphatic rings. The molecule has 0 atom stereocenters. The van der Waals surface area contributed by atoms with Gasteiger partial charge in [0.25, 0.3) is 0 Å². The highest BCUT2D eigenvalue weighted by Crippen LogP contribution is 2.48. The number of anilines is 1. The lowest BCUT2D eigenvalue weighted by Crippen LogP contribution is -2.31. The predicted octanol–water partition coefficient (Wildman–Crippen LogP) is 1.84. The Morgan fingerprint density at radius 2 is 1.95 bits per heavy atom. The highest BCUT2D eigenvalue weighted by Gasteiger charge is 2.41. The van der Waals surface area contributed by atoms with E-state index in [4.69, 9.17) is 0 Å². The van der Waals surface area contributed by atoms with Crippen LogP contribution in [-0.2, 0) is 10.0 Å². The van der Waals surface area contributed by atoms with Crippen LogP contribution in [0.4, 0.5) is 5.82 Å². The van der Waals surface area contributed by atoms with E-state index in [0.29, 0.717) is 18.3 Å². The normalized spacial score (nSPS) is 19.3. The van der Waals surface area contributed by atoms with Crippen molar-refractivity contribution < 1.29 is 8.42 Å². The number of hydrogen-bond acceptors (Lipinski definition) is 4. The Morgan fingerprint density at radius 1 is 1.30 bits per heavy atom. The summed E-state index contributed by atoms with van der Waals surface area (Å²) >= 11 is 0. The van der Waals surface area contributed by atoms with Crippen LogP contribution in [0.15, 0.2) is 23.2 Å². The first kappa shape index (κ1) is 13.8. The number of hydrogen-bond donors (Lipinski definition) is 2. The fourth-order valence-electron chi connectivity index (χ4n) is 2.85. The summed E-state index contributed by atoms with van der Waals surface area (Å²) in [4.78, 5) is 4.28. The molecule has 2 aliphatic carbocycles. The van der Waals surface area contributed by atoms with Gasteiger partial charge in [0.2, 0.25) is 10.0 Å². The molecule has 1 aromatic rings. The second-order valence-corrected chi connectivity index (χ2v) is 7.53. The van der Waals surface area contributed by atoms with E-state index in [1.165, 1.54) is 25.7 Å². The molecule has 0 aromatic carbocycles. The smallest absolute Gasteiger partial charge is 0.244 e. The number of aromatic nitrogens is 1. The van der Waals surface area contributed by atoms with E-state index in [9.17, 15) is 8.42 Å². The third-order valence-corrected chi connectivity index (χ3v) is 5.72. The molecule has 20 heavy (non-hydrogen) atoms. The van der Waals surface area contributed by atoms with E-state index in [1.807, 2.05) is 0 Å². The molecule has 0 amide bonds. The zero-order chi connectivity index (χ0) is 14.2. The van der Waals surface area contributed by atoms with E-state index in [2.05, 4.69) is 15.0 Å². The first-order chi connectivity index (χ1) is 9.62. The molecule has 110 valence electrons. The third-order valence-electron chi connectivity index (χ3n) is 4.26. The Hall–Kier alpha value is -1.14. The van der Waals surface area contributed by atoms with Gasteiger partial charge in [0, 0.05) is 19.8 Å². The van der Waals surface area contributed by atoms with Crippen molar-refractivity contribution in [3.63, 3.8) is 0 Å². The SMILES string of the molecule is CNc1ncccc1S(=O)(=O)NCC(C1CC1)C1CC1. The monoisotopic (exact) mass is 295 g/mol. The van der Waals surface area contributed by atoms with E-state index >= 15 is 0 Å². The molecule has 0 radical (unpaired) electrons. The summed E-state index contributed by atoms with van der Waals surface area (Å²) in [6, 6.07) is 3.24. The molecule has 2 fully saturated rings. The molecule has 6 heteroatoms. The Labute approximate surface area is 120 Å². The van der Waals surface area contributed by atoms with E-state index in [-0.39, 0.29) is 4.90 Å². The Morgan fingerprint density at radius 3 is 2.50 bits per heavy atom. The molecular weight excluding hydrogens is 274 g/mol. The van der Waals surface area contributed by atoms with Gasteiger partial charge in [-0.05, 0) is 55.6 Å². The Kier molecular flexibility index (Phi) is 3.69. The largest absolute Gasteiger partial charge is 0.372 e. The number of pyridine rings is 1. The van der Waals surface area contributed by atoms with Crippen LogP contribution in [0.2, 0.25) is 0 Å². The molecule has 2 N–H and O–H groups in total. The van der Waals surface area contributed by atoms with Crippen molar-refractivity contribution in [1.82, 2.24) is 9.71 Å². The fourth-order valence-corrected chi connectivity index (χ4v) is 4.08. The quantitative estimate of drug-likeness (QED) is 0.805. The number of rotatable bonds is 7. The molecule has 3 rings (SSSR count). The van der Waals surface area contributed by atoms with Crippen LogP contribution in [0.3, 0.4) is 0 Å². The summed E-state index contributed by atoms with van der Waals surface area (Å²) in [5, 5.41) is 2.83. The number of nitrogens with zero attached hydrogens (tertiary/aromatic N) is 1. The van der Waals surface area contributed by atoms with E-state index < -0.39 is 10.0 Å². The van der Waals surface area contributed by atoms with Gasteiger partial charge in [-0.25, -0.2) is 18.1 Å². The van der Waals surface area contributed by atoms with Crippen LogP contribution in [0.1, 0.15) is 25.7 Å². The Balaban J connectivity index is 1.71. The average Bonchev–Trinajstić information content (AvgIpc) is 3.32. The average molecular weight is 295 g/mol. The zero-order valence-electron chi connectivity index (χ0n) is 11.7. The number of sulfonamides is 1. The molecular formula is C14H21N3O2S. The van der Waals surface area contributed by atoms with Gasteiger partial charge in [0.1, 0.15) is 10.7 Å². The third kappa shape index (κ3) is 2.96. The summed E-state index contributed by atoms with van der Waals surface area (Å²) in [7, 11) is -1.81. The first-order valence-electron chi connectivity index (χ1n) is 7.24. The second kappa shape index (κ2) is 5.33. The standard InChI is InChI=1S/C14H21N3O2S/c1-15-14-13(3-2-8-16-14)20(18,19)17-9-12(10-4-5-10)11-6-7-11/h2-3,8,10-12,17H,4-7,9H2,1H3,(H,15,16). The lowest BCUT2D eigenvalue weighted by atomic mass is 9.99. The summed E-state index contributed by atoms with van der Waals surface area (Å²) < 4.78 is 27.6. The number of nitrogens with one attached hydrogen (secondary N) is 2. The van der Waals surface area contributed by atoms with Gasteiger partial charge in [-0.3, -0.25) is 0 Å². The highest BCUT2D eigenvalue weighted by molar-refractivity contribution is 7.89. The Bertz CT molecular complexity index is 568. The van der Waals surface area contributed by atoms with Crippen molar-refractivity contribution in [1.29, 1.82) is 0 Å². The fraction of sp³-hybridized carbons (Fsp3) is 0.643. The maximum atomic E-state index is 12.4. The van der Waals surface area contributed by atoms with Crippen LogP contribution < -0.4 is 10.0 Å². The van der Waals surface area contributed by atoms with Crippen molar-refractivity contribution in [3.05, 3.63) is 18.3 Å². The van der Waals surface area contributed by atoms with Gasteiger partial charge in [-0.2, -0.15) is 0 Å². The summed E-state index contributed by atoms with van der Waals surface area (Å²) in [6.07, 6.45) is 6.63. The maximum absolute atomic E-state index is 12.4. The van der Waals surface area contributed by atoms with Crippen LogP contribution in [-0.4, -0.2) is 27.0 Å². The van der Waals surface area contributed by atoms with Crippen molar-refractivity contribution in [3.8, 4) is 0 Å². The van der Waals surface area contributed by atoms with Crippen molar-refractivity contribution in [2.24, 2.45) is 17.8 Å². The lowest BCUT2D eigenvalue weighted by molar-refractivity contribution is 0.401. The van der Waals surface area contributed by atoms with Gasteiger partial charge in [0.05, 0.1) is 0 Å². The lowest BCUT2D eigenvalue weighted by Gasteiger charge is -2.17. The first-order valence-corrected chi connectivity index (χ1v) is 8.72. The predicted molar refractivity (Wildman–Crippen MR) is 77.9 cm³/mol. The summed E-state index contributed by atoms with van der Waals surface area (Å²) in [5.74, 6) is 2.40. The zero-order valence-corrected chi connectivity index (χ0v) is 12.5. The highest BCUT2D eigenvalue weighted by atomic mass is 32.2. The van der Waals surface area contributed by atoms with Crippen LogP contribution >= 0.6 is 0 Å². The van der Waals surface area contributed by atoms with Gasteiger partial charge < -0.3 is 5.32 Å². The molecule has 1 heterocycles. The second-order valence-electron chi connectivity index (χ2n) is 5.79. The van der Waals surface area contributed by atoms with Gasteiger partial charge >= 0.3 is 0 Å². The van der Waals surface area contributed by atoms with E-state index in [1.54, 1.807) is 25.4 Å². The van der Waals surface area contributed by atoms with Crippen LogP contribution in [0, 0.1) is 17.8 Å². The minimum absolute atomic E-state index is 0.229. The molecule has 1 aromatic heterocycles. The van der Waals surface area contributed by atoms with E-state index in [0.717, 1.165) is 11.8 Å². The minimum Gasteiger partial charge on any atom is -0.372 e. The van der Waals surface area contributed by atoms with Gasteiger partial charge in [-0.15, -0.1) is 0 Å². The molecule has 5 nitrogen and oxygen atoms in total. The molecule has 2 saturated carbocycles. The molecule has 0 spiro atoms. The molecule has 0 aliphatic heterocycles. The molecule has 0 bridgehead atoms. The van der Waals surface area contributed by atoms with Crippen molar-refractivity contribution >= 4 is 15.8 Å².